The Hall–Kier alpha value is -3.43. The number of aryl methyl sites for hydroxylation is 1. The van der Waals surface area contributed by atoms with Crippen molar-refractivity contribution in [2.45, 2.75) is 13.1 Å². The quantitative estimate of drug-likeness (QED) is 0.666. The molecule has 1 aromatic carbocycles. The number of benzene rings is 1. The number of esters is 1. The highest BCUT2D eigenvalue weighted by Gasteiger charge is 2.30. The summed E-state index contributed by atoms with van der Waals surface area (Å²) in [5.74, 6) is -0.416. The predicted molar refractivity (Wildman–Crippen MR) is 94.9 cm³/mol. The molecule has 0 bridgehead atoms. The van der Waals surface area contributed by atoms with E-state index in [1.54, 1.807) is 20.0 Å². The van der Waals surface area contributed by atoms with Crippen LogP contribution in [0.3, 0.4) is 0 Å². The Morgan fingerprint density at radius 1 is 1.21 bits per heavy atom. The van der Waals surface area contributed by atoms with Crippen molar-refractivity contribution in [2.24, 2.45) is 7.05 Å². The third-order valence-corrected chi connectivity index (χ3v) is 3.73. The van der Waals surface area contributed by atoms with Crippen LogP contribution in [-0.4, -0.2) is 32.3 Å². The Morgan fingerprint density at radius 3 is 2.71 bits per heavy atom. The molecule has 2 aromatic heterocycles. The lowest BCUT2D eigenvalue weighted by Crippen LogP contribution is -2.10. The van der Waals surface area contributed by atoms with Crippen molar-refractivity contribution in [2.75, 3.05) is 11.9 Å². The number of anilines is 2. The third-order valence-electron chi connectivity index (χ3n) is 3.73. The number of carbonyl (C=O) groups excluding carboxylic acids is 1. The van der Waals surface area contributed by atoms with E-state index in [4.69, 9.17) is 4.74 Å². The molecule has 0 aliphatic rings. The first kappa shape index (κ1) is 19.3. The average Bonchev–Trinajstić information content (AvgIpc) is 3.04. The van der Waals surface area contributed by atoms with Crippen molar-refractivity contribution < 1.29 is 22.7 Å². The van der Waals surface area contributed by atoms with Crippen LogP contribution in [0.2, 0.25) is 0 Å². The molecule has 1 N–H and O–H groups in total. The molecule has 0 spiro atoms. The lowest BCUT2D eigenvalue weighted by atomic mass is 10.2. The summed E-state index contributed by atoms with van der Waals surface area (Å²) in [5, 5.41) is 6.97. The first-order valence-corrected chi connectivity index (χ1v) is 8.27. The number of rotatable bonds is 5. The summed E-state index contributed by atoms with van der Waals surface area (Å²) in [6, 6.07) is 7.82. The van der Waals surface area contributed by atoms with Gasteiger partial charge < -0.3 is 10.1 Å². The molecular weight excluding hydrogens is 375 g/mol. The van der Waals surface area contributed by atoms with Crippen LogP contribution in [0.5, 0.6) is 0 Å². The molecule has 0 fully saturated rings. The molecular formula is C18H16F3N5O2. The molecule has 3 rings (SSSR count). The van der Waals surface area contributed by atoms with Crippen LogP contribution in [0.4, 0.5) is 24.8 Å². The van der Waals surface area contributed by atoms with Gasteiger partial charge in [-0.15, -0.1) is 0 Å². The molecule has 0 saturated heterocycles. The number of alkyl halides is 3. The summed E-state index contributed by atoms with van der Waals surface area (Å²) in [6.07, 6.45) is -3.01. The molecule has 0 aliphatic carbocycles. The van der Waals surface area contributed by atoms with Crippen LogP contribution in [-0.2, 0) is 18.0 Å². The van der Waals surface area contributed by atoms with Crippen molar-refractivity contribution >= 4 is 17.6 Å². The maximum Gasteiger partial charge on any atom is 0.416 e. The number of carbonyl (C=O) groups is 1. The van der Waals surface area contributed by atoms with Gasteiger partial charge in [-0.2, -0.15) is 18.3 Å². The van der Waals surface area contributed by atoms with Gasteiger partial charge >= 0.3 is 12.1 Å². The minimum Gasteiger partial charge on any atom is -0.461 e. The number of aromatic nitrogens is 4. The van der Waals surface area contributed by atoms with E-state index >= 15 is 0 Å². The molecule has 0 radical (unpaired) electrons. The van der Waals surface area contributed by atoms with Crippen LogP contribution >= 0.6 is 0 Å². The van der Waals surface area contributed by atoms with E-state index in [1.807, 2.05) is 0 Å². The van der Waals surface area contributed by atoms with Crippen molar-refractivity contribution in [1.29, 1.82) is 0 Å². The van der Waals surface area contributed by atoms with Crippen molar-refractivity contribution in [3.63, 3.8) is 0 Å². The molecule has 28 heavy (non-hydrogen) atoms. The lowest BCUT2D eigenvalue weighted by molar-refractivity contribution is -0.137. The van der Waals surface area contributed by atoms with Crippen molar-refractivity contribution in [3.05, 3.63) is 53.9 Å². The largest absolute Gasteiger partial charge is 0.461 e. The Morgan fingerprint density at radius 2 is 2.00 bits per heavy atom. The van der Waals surface area contributed by atoms with E-state index < -0.39 is 17.7 Å². The van der Waals surface area contributed by atoms with E-state index in [1.165, 1.54) is 29.1 Å². The average molecular weight is 391 g/mol. The second-order valence-electron chi connectivity index (χ2n) is 5.73. The second kappa shape index (κ2) is 7.67. The lowest BCUT2D eigenvalue weighted by Gasteiger charge is -2.10. The number of nitrogens with zero attached hydrogens (tertiary/aromatic N) is 4. The summed E-state index contributed by atoms with van der Waals surface area (Å²) in [6.45, 7) is 1.93. The topological polar surface area (TPSA) is 81.9 Å². The van der Waals surface area contributed by atoms with Crippen molar-refractivity contribution in [1.82, 2.24) is 19.7 Å². The highest BCUT2D eigenvalue weighted by molar-refractivity contribution is 5.88. The van der Waals surface area contributed by atoms with E-state index in [0.29, 0.717) is 11.4 Å². The highest BCUT2D eigenvalue weighted by Crippen LogP contribution is 2.31. The van der Waals surface area contributed by atoms with Crippen LogP contribution in [0.15, 0.2) is 42.6 Å². The molecule has 3 aromatic rings. The number of hydrogen-bond acceptors (Lipinski definition) is 6. The minimum atomic E-state index is -4.45. The zero-order valence-corrected chi connectivity index (χ0v) is 15.0. The van der Waals surface area contributed by atoms with Gasteiger partial charge in [0.1, 0.15) is 11.4 Å². The van der Waals surface area contributed by atoms with Crippen LogP contribution in [0, 0.1) is 0 Å². The van der Waals surface area contributed by atoms with Gasteiger partial charge in [0.25, 0.3) is 0 Å². The number of ether oxygens (including phenoxy) is 1. The summed E-state index contributed by atoms with van der Waals surface area (Å²) >= 11 is 0. The third kappa shape index (κ3) is 4.27. The van der Waals surface area contributed by atoms with Crippen molar-refractivity contribution in [3.8, 4) is 11.4 Å². The summed E-state index contributed by atoms with van der Waals surface area (Å²) < 4.78 is 44.9. The van der Waals surface area contributed by atoms with Crippen LogP contribution in [0.1, 0.15) is 23.0 Å². The maximum absolute atomic E-state index is 12.8. The zero-order valence-electron chi connectivity index (χ0n) is 15.0. The summed E-state index contributed by atoms with van der Waals surface area (Å²) in [7, 11) is 1.60. The number of halogens is 3. The highest BCUT2D eigenvalue weighted by atomic mass is 19.4. The fourth-order valence-corrected chi connectivity index (χ4v) is 2.45. The van der Waals surface area contributed by atoms with Gasteiger partial charge in [0, 0.05) is 25.0 Å². The van der Waals surface area contributed by atoms with Crippen LogP contribution in [0.25, 0.3) is 11.4 Å². The standard InChI is InChI=1S/C18H16F3N5O2/c1-3-28-16(27)15-10-14(25-26(15)2)13-7-8-22-17(24-13)23-12-6-4-5-11(9-12)18(19,20)21/h4-10H,3H2,1-2H3,(H,22,23,24). The fourth-order valence-electron chi connectivity index (χ4n) is 2.45. The van der Waals surface area contributed by atoms with Gasteiger partial charge in [0.15, 0.2) is 0 Å². The molecule has 0 saturated carbocycles. The normalized spacial score (nSPS) is 11.3. The van der Waals surface area contributed by atoms with Gasteiger partial charge in [-0.3, -0.25) is 4.68 Å². The Kier molecular flexibility index (Phi) is 5.30. The molecule has 0 aliphatic heterocycles. The first-order valence-electron chi connectivity index (χ1n) is 8.27. The monoisotopic (exact) mass is 391 g/mol. The predicted octanol–water partition coefficient (Wildman–Crippen LogP) is 3.82. The second-order valence-corrected chi connectivity index (χ2v) is 5.73. The van der Waals surface area contributed by atoms with Crippen LogP contribution < -0.4 is 5.32 Å². The Balaban J connectivity index is 1.86. The first-order chi connectivity index (χ1) is 13.3. The Labute approximate surface area is 158 Å². The molecule has 2 heterocycles. The van der Waals surface area contributed by atoms with E-state index in [2.05, 4.69) is 20.4 Å². The zero-order chi connectivity index (χ0) is 20.3. The fraction of sp³-hybridized carbons (Fsp3) is 0.222. The SMILES string of the molecule is CCOC(=O)c1cc(-c2ccnc(Nc3cccc(C(F)(F)F)c3)n2)nn1C. The minimum absolute atomic E-state index is 0.0974. The molecule has 0 amide bonds. The van der Waals surface area contributed by atoms with Gasteiger partial charge in [-0.25, -0.2) is 14.8 Å². The van der Waals surface area contributed by atoms with Gasteiger partial charge in [-0.1, -0.05) is 6.07 Å². The van der Waals surface area contributed by atoms with E-state index in [9.17, 15) is 18.0 Å². The van der Waals surface area contributed by atoms with Gasteiger partial charge in [0.2, 0.25) is 5.95 Å². The molecule has 7 nitrogen and oxygen atoms in total. The van der Waals surface area contributed by atoms with E-state index in [0.717, 1.165) is 12.1 Å². The number of hydrogen-bond donors (Lipinski definition) is 1. The summed E-state index contributed by atoms with van der Waals surface area (Å²) in [4.78, 5) is 20.2. The molecule has 10 heteroatoms. The molecule has 146 valence electrons. The smallest absolute Gasteiger partial charge is 0.416 e. The maximum atomic E-state index is 12.8. The van der Waals surface area contributed by atoms with Gasteiger partial charge in [-0.05, 0) is 31.2 Å². The van der Waals surface area contributed by atoms with Gasteiger partial charge in [0.05, 0.1) is 17.9 Å². The van der Waals surface area contributed by atoms with E-state index in [-0.39, 0.29) is 23.9 Å². The molecule has 0 atom stereocenters. The molecule has 0 unspecified atom stereocenters. The Bertz CT molecular complexity index is 1000. The number of nitrogens with one attached hydrogen (secondary N) is 1. The summed E-state index contributed by atoms with van der Waals surface area (Å²) in [5.41, 5.74) is 0.469.